The first-order valence-electron chi connectivity index (χ1n) is 6.88. The summed E-state index contributed by atoms with van der Waals surface area (Å²) >= 11 is 0. The van der Waals surface area contributed by atoms with Crippen LogP contribution in [0.3, 0.4) is 0 Å². The first-order valence-corrected chi connectivity index (χ1v) is 10.5. The van der Waals surface area contributed by atoms with E-state index < -0.39 is 8.07 Å². The van der Waals surface area contributed by atoms with E-state index in [0.29, 0.717) is 0 Å². The minimum atomic E-state index is -1.02. The third-order valence-electron chi connectivity index (χ3n) is 4.47. The van der Waals surface area contributed by atoms with Crippen LogP contribution in [0.25, 0.3) is 0 Å². The number of nitrogens with zero attached hydrogens (tertiary/aromatic N) is 1. The number of hydrogen-bond acceptors (Lipinski definition) is 1. The van der Waals surface area contributed by atoms with E-state index in [1.54, 1.807) is 0 Å². The van der Waals surface area contributed by atoms with E-state index in [4.69, 9.17) is 0 Å². The Bertz CT molecular complexity index is 229. The van der Waals surface area contributed by atoms with Gasteiger partial charge in [-0.05, 0) is 30.8 Å². The van der Waals surface area contributed by atoms with Gasteiger partial charge >= 0.3 is 0 Å². The van der Waals surface area contributed by atoms with Gasteiger partial charge in [-0.15, -0.1) is 0 Å². The van der Waals surface area contributed by atoms with Crippen LogP contribution < -0.4 is 0 Å². The maximum atomic E-state index is 2.69. The molecule has 0 radical (unpaired) electrons. The smallest absolute Gasteiger partial charge is 0.0491 e. The third-order valence-corrected chi connectivity index (χ3v) is 7.27. The molecule has 1 fully saturated rings. The molecule has 0 bridgehead atoms. The van der Waals surface area contributed by atoms with Gasteiger partial charge in [-0.25, -0.2) is 0 Å². The second-order valence-electron chi connectivity index (χ2n) is 7.42. The Balaban J connectivity index is 2.93. The van der Waals surface area contributed by atoms with Gasteiger partial charge in [-0.3, -0.25) is 4.90 Å². The lowest BCUT2D eigenvalue weighted by Crippen LogP contribution is -2.43. The van der Waals surface area contributed by atoms with Gasteiger partial charge in [0.05, 0.1) is 0 Å². The average Bonchev–Trinajstić information content (AvgIpc) is 2.41. The zero-order valence-electron chi connectivity index (χ0n) is 12.5. The molecule has 1 rings (SSSR count). The van der Waals surface area contributed by atoms with Crippen molar-refractivity contribution in [3.05, 3.63) is 0 Å². The Morgan fingerprint density at radius 1 is 1.00 bits per heavy atom. The maximum absolute atomic E-state index is 2.69. The molecule has 2 heteroatoms. The fourth-order valence-electron chi connectivity index (χ4n) is 3.61. The normalized spacial score (nSPS) is 33.0. The summed E-state index contributed by atoms with van der Waals surface area (Å²) in [5.41, 5.74) is 0.977. The molecule has 1 aliphatic heterocycles. The van der Waals surface area contributed by atoms with Gasteiger partial charge in [0.25, 0.3) is 0 Å². The highest BCUT2D eigenvalue weighted by Crippen LogP contribution is 2.45. The number of rotatable bonds is 3. The van der Waals surface area contributed by atoms with Crippen LogP contribution in [0.2, 0.25) is 25.2 Å². The van der Waals surface area contributed by atoms with Crippen LogP contribution in [0.1, 0.15) is 34.1 Å². The van der Waals surface area contributed by atoms with Crippen LogP contribution in [-0.2, 0) is 0 Å². The summed E-state index contributed by atoms with van der Waals surface area (Å²) in [5, 5.41) is 0. The van der Waals surface area contributed by atoms with Gasteiger partial charge in [0.2, 0.25) is 0 Å². The minimum Gasteiger partial charge on any atom is -0.300 e. The first-order chi connectivity index (χ1) is 7.16. The second kappa shape index (κ2) is 4.81. The molecule has 1 aliphatic rings. The molecular formula is C14H31NSi. The molecule has 0 aromatic rings. The van der Waals surface area contributed by atoms with Gasteiger partial charge in [-0.2, -0.15) is 0 Å². The molecule has 3 atom stereocenters. The molecule has 96 valence electrons. The van der Waals surface area contributed by atoms with Crippen LogP contribution in [0.5, 0.6) is 0 Å². The molecule has 0 aromatic heterocycles. The summed E-state index contributed by atoms with van der Waals surface area (Å²) in [6.07, 6.45) is 1.44. The van der Waals surface area contributed by atoms with Gasteiger partial charge in [0.1, 0.15) is 0 Å². The average molecular weight is 241 g/mol. The lowest BCUT2D eigenvalue weighted by atomic mass is 10.0. The lowest BCUT2D eigenvalue weighted by molar-refractivity contribution is 0.167. The zero-order valence-corrected chi connectivity index (χ0v) is 13.5. The van der Waals surface area contributed by atoms with Crippen LogP contribution in [-0.4, -0.2) is 32.1 Å². The van der Waals surface area contributed by atoms with E-state index in [0.717, 1.165) is 29.5 Å². The fourth-order valence-corrected chi connectivity index (χ4v) is 6.21. The highest BCUT2D eigenvalue weighted by atomic mass is 28.3. The standard InChI is InChI=1S/C14H31NSi/c1-10(2)12-9-13(16(6,7)8)14(11(3)4)15(12)5/h10-14H,9H2,1-8H3/t12-,13+,14-/m1/s1. The van der Waals surface area contributed by atoms with E-state index in [2.05, 4.69) is 59.3 Å². The lowest BCUT2D eigenvalue weighted by Gasteiger charge is -2.36. The summed E-state index contributed by atoms with van der Waals surface area (Å²) in [7, 11) is 1.34. The SMILES string of the molecule is CC(C)[C@H]1C[C@H]([Si](C)(C)C)[C@@H](C(C)C)N1C. The Morgan fingerprint density at radius 3 is 1.75 bits per heavy atom. The van der Waals surface area contributed by atoms with Crippen LogP contribution in [0.4, 0.5) is 0 Å². The third kappa shape index (κ3) is 2.70. The molecule has 0 aromatic carbocycles. The molecule has 0 amide bonds. The van der Waals surface area contributed by atoms with Crippen molar-refractivity contribution in [2.45, 2.75) is 71.4 Å². The van der Waals surface area contributed by atoms with Crippen LogP contribution in [0, 0.1) is 11.8 Å². The van der Waals surface area contributed by atoms with Crippen molar-refractivity contribution in [2.24, 2.45) is 11.8 Å². The van der Waals surface area contributed by atoms with Crippen molar-refractivity contribution >= 4 is 8.07 Å². The highest BCUT2D eigenvalue weighted by Gasteiger charge is 2.46. The number of likely N-dealkylation sites (tertiary alicyclic amines) is 1. The van der Waals surface area contributed by atoms with Crippen molar-refractivity contribution in [1.29, 1.82) is 0 Å². The summed E-state index contributed by atoms with van der Waals surface area (Å²) < 4.78 is 0. The van der Waals surface area contributed by atoms with Crippen molar-refractivity contribution in [3.8, 4) is 0 Å². The van der Waals surface area contributed by atoms with Crippen molar-refractivity contribution in [2.75, 3.05) is 7.05 Å². The Morgan fingerprint density at radius 2 is 1.50 bits per heavy atom. The van der Waals surface area contributed by atoms with E-state index in [1.807, 2.05) is 0 Å². The number of hydrogen-bond donors (Lipinski definition) is 0. The van der Waals surface area contributed by atoms with Crippen molar-refractivity contribution < 1.29 is 0 Å². The minimum absolute atomic E-state index is 0.797. The van der Waals surface area contributed by atoms with E-state index in [-0.39, 0.29) is 0 Å². The van der Waals surface area contributed by atoms with Crippen molar-refractivity contribution in [1.82, 2.24) is 4.90 Å². The molecule has 1 heterocycles. The Labute approximate surface area is 104 Å². The summed E-state index contributed by atoms with van der Waals surface area (Å²) in [5.74, 6) is 1.60. The van der Waals surface area contributed by atoms with Crippen LogP contribution >= 0.6 is 0 Å². The quantitative estimate of drug-likeness (QED) is 0.673. The first kappa shape index (κ1) is 14.2. The molecule has 0 N–H and O–H groups in total. The van der Waals surface area contributed by atoms with Gasteiger partial charge in [0.15, 0.2) is 0 Å². The molecule has 1 saturated heterocycles. The summed E-state index contributed by atoms with van der Waals surface area (Å²) in [6.45, 7) is 17.2. The second-order valence-corrected chi connectivity index (χ2v) is 12.9. The van der Waals surface area contributed by atoms with Gasteiger partial charge in [0, 0.05) is 20.2 Å². The van der Waals surface area contributed by atoms with E-state index in [9.17, 15) is 0 Å². The van der Waals surface area contributed by atoms with Gasteiger partial charge < -0.3 is 0 Å². The van der Waals surface area contributed by atoms with Gasteiger partial charge in [-0.1, -0.05) is 47.3 Å². The summed E-state index contributed by atoms with van der Waals surface area (Å²) in [6, 6.07) is 1.63. The molecule has 0 unspecified atom stereocenters. The molecule has 0 saturated carbocycles. The van der Waals surface area contributed by atoms with E-state index >= 15 is 0 Å². The predicted molar refractivity (Wildman–Crippen MR) is 76.7 cm³/mol. The molecule has 0 aliphatic carbocycles. The Kier molecular flexibility index (Phi) is 4.28. The molecular weight excluding hydrogens is 210 g/mol. The molecule has 1 nitrogen and oxygen atoms in total. The maximum Gasteiger partial charge on any atom is 0.0491 e. The molecule has 0 spiro atoms. The fraction of sp³-hybridized carbons (Fsp3) is 1.00. The van der Waals surface area contributed by atoms with E-state index in [1.165, 1.54) is 6.42 Å². The highest BCUT2D eigenvalue weighted by molar-refractivity contribution is 6.77. The topological polar surface area (TPSA) is 3.24 Å². The molecule has 16 heavy (non-hydrogen) atoms. The predicted octanol–water partition coefficient (Wildman–Crippen LogP) is 4.08. The Hall–Kier alpha value is 0.177. The monoisotopic (exact) mass is 241 g/mol. The summed E-state index contributed by atoms with van der Waals surface area (Å²) in [4.78, 5) is 2.69. The zero-order chi connectivity index (χ0) is 12.7. The van der Waals surface area contributed by atoms with Crippen LogP contribution in [0.15, 0.2) is 0 Å². The largest absolute Gasteiger partial charge is 0.300 e. The van der Waals surface area contributed by atoms with Crippen molar-refractivity contribution in [3.63, 3.8) is 0 Å².